The van der Waals surface area contributed by atoms with Crippen molar-refractivity contribution in [3.05, 3.63) is 0 Å². The number of nitrogens with zero attached hydrogens (tertiary/aromatic N) is 3. The van der Waals surface area contributed by atoms with E-state index in [1.807, 2.05) is 7.05 Å². The van der Waals surface area contributed by atoms with Gasteiger partial charge in [-0.1, -0.05) is 6.42 Å². The fourth-order valence-electron chi connectivity index (χ4n) is 3.40. The lowest BCUT2D eigenvalue weighted by Gasteiger charge is -2.33. The number of piperidine rings is 1. The van der Waals surface area contributed by atoms with Gasteiger partial charge in [-0.2, -0.15) is 0 Å². The van der Waals surface area contributed by atoms with E-state index in [2.05, 4.69) is 39.4 Å². The van der Waals surface area contributed by atoms with Gasteiger partial charge in [-0.05, 0) is 39.8 Å². The normalized spacial score (nSPS) is 27.9. The summed E-state index contributed by atoms with van der Waals surface area (Å²) in [6.07, 6.45) is 5.52. The van der Waals surface area contributed by atoms with Crippen LogP contribution in [0.15, 0.2) is 4.99 Å². The van der Waals surface area contributed by atoms with Gasteiger partial charge in [0, 0.05) is 45.8 Å². The number of hydrogen-bond donors (Lipinski definition) is 2. The number of likely N-dealkylation sites (N-methyl/N-ethyl adjacent to an activating group) is 1. The lowest BCUT2D eigenvalue weighted by Crippen LogP contribution is -2.48. The van der Waals surface area contributed by atoms with Gasteiger partial charge in [-0.3, -0.25) is 4.99 Å². The summed E-state index contributed by atoms with van der Waals surface area (Å²) in [5, 5.41) is 6.80. The SMILES string of the molecule is CN=C(NCCCN1CCCCC1C)NCC1CN(C)CCO1. The van der Waals surface area contributed by atoms with Gasteiger partial charge in [-0.25, -0.2) is 0 Å². The van der Waals surface area contributed by atoms with Crippen molar-refractivity contribution in [1.29, 1.82) is 0 Å². The number of morpholine rings is 1. The summed E-state index contributed by atoms with van der Waals surface area (Å²) in [6.45, 7) is 9.41. The molecule has 6 nitrogen and oxygen atoms in total. The zero-order chi connectivity index (χ0) is 16.5. The highest BCUT2D eigenvalue weighted by molar-refractivity contribution is 5.79. The summed E-state index contributed by atoms with van der Waals surface area (Å²) in [4.78, 5) is 9.23. The van der Waals surface area contributed by atoms with Crippen LogP contribution in [0.5, 0.6) is 0 Å². The van der Waals surface area contributed by atoms with Gasteiger partial charge in [-0.15, -0.1) is 0 Å². The summed E-state index contributed by atoms with van der Waals surface area (Å²) in [6, 6.07) is 0.752. The van der Waals surface area contributed by atoms with Crippen molar-refractivity contribution in [3.8, 4) is 0 Å². The zero-order valence-corrected chi connectivity index (χ0v) is 15.2. The van der Waals surface area contributed by atoms with E-state index in [1.54, 1.807) is 0 Å². The predicted molar refractivity (Wildman–Crippen MR) is 96.1 cm³/mol. The van der Waals surface area contributed by atoms with E-state index in [1.165, 1.54) is 32.4 Å². The standard InChI is InChI=1S/C17H35N5O/c1-15-7-4-5-9-22(15)10-6-8-19-17(18-2)20-13-16-14-21(3)11-12-23-16/h15-16H,4-14H2,1-3H3,(H2,18,19,20). The van der Waals surface area contributed by atoms with Crippen LogP contribution in [0, 0.1) is 0 Å². The first kappa shape index (κ1) is 18.5. The van der Waals surface area contributed by atoms with Gasteiger partial charge in [0.05, 0.1) is 12.7 Å². The largest absolute Gasteiger partial charge is 0.374 e. The smallest absolute Gasteiger partial charge is 0.191 e. The molecule has 2 aliphatic rings. The number of nitrogens with one attached hydrogen (secondary N) is 2. The maximum absolute atomic E-state index is 5.77. The minimum Gasteiger partial charge on any atom is -0.374 e. The number of likely N-dealkylation sites (tertiary alicyclic amines) is 1. The third-order valence-corrected chi connectivity index (χ3v) is 4.92. The Balaban J connectivity index is 1.57. The molecule has 2 unspecified atom stereocenters. The molecule has 2 heterocycles. The Morgan fingerprint density at radius 2 is 2.13 bits per heavy atom. The first-order valence-electron chi connectivity index (χ1n) is 9.17. The zero-order valence-electron chi connectivity index (χ0n) is 15.2. The van der Waals surface area contributed by atoms with E-state index < -0.39 is 0 Å². The fourth-order valence-corrected chi connectivity index (χ4v) is 3.40. The molecule has 0 aromatic rings. The maximum atomic E-state index is 5.77. The van der Waals surface area contributed by atoms with Crippen LogP contribution in [0.1, 0.15) is 32.6 Å². The van der Waals surface area contributed by atoms with Crippen molar-refractivity contribution in [2.45, 2.75) is 44.8 Å². The van der Waals surface area contributed by atoms with Crippen molar-refractivity contribution >= 4 is 5.96 Å². The van der Waals surface area contributed by atoms with E-state index in [0.717, 1.165) is 51.2 Å². The molecule has 0 radical (unpaired) electrons. The van der Waals surface area contributed by atoms with Gasteiger partial charge in [0.1, 0.15) is 0 Å². The molecule has 0 bridgehead atoms. The van der Waals surface area contributed by atoms with Crippen molar-refractivity contribution < 1.29 is 4.74 Å². The molecule has 0 aromatic carbocycles. The van der Waals surface area contributed by atoms with Crippen molar-refractivity contribution in [2.75, 3.05) is 60.0 Å². The molecule has 0 spiro atoms. The molecule has 0 amide bonds. The van der Waals surface area contributed by atoms with Crippen LogP contribution in [-0.2, 0) is 4.74 Å². The minimum atomic E-state index is 0.251. The molecule has 2 N–H and O–H groups in total. The first-order valence-corrected chi connectivity index (χ1v) is 9.17. The van der Waals surface area contributed by atoms with Gasteiger partial charge in [0.25, 0.3) is 0 Å². The summed E-state index contributed by atoms with van der Waals surface area (Å²) >= 11 is 0. The molecule has 2 rings (SSSR count). The van der Waals surface area contributed by atoms with E-state index in [-0.39, 0.29) is 6.10 Å². The van der Waals surface area contributed by atoms with Crippen LogP contribution in [0.2, 0.25) is 0 Å². The second kappa shape index (κ2) is 10.1. The van der Waals surface area contributed by atoms with Crippen LogP contribution in [0.4, 0.5) is 0 Å². The molecule has 2 fully saturated rings. The second-order valence-electron chi connectivity index (χ2n) is 6.87. The molecule has 2 aliphatic heterocycles. The van der Waals surface area contributed by atoms with Crippen molar-refractivity contribution in [2.24, 2.45) is 4.99 Å². The van der Waals surface area contributed by atoms with Crippen LogP contribution < -0.4 is 10.6 Å². The minimum absolute atomic E-state index is 0.251. The molecule has 134 valence electrons. The van der Waals surface area contributed by atoms with Crippen molar-refractivity contribution in [1.82, 2.24) is 20.4 Å². The summed E-state index contributed by atoms with van der Waals surface area (Å²) in [5.41, 5.74) is 0. The highest BCUT2D eigenvalue weighted by Gasteiger charge is 2.18. The maximum Gasteiger partial charge on any atom is 0.191 e. The average molecular weight is 326 g/mol. The molecule has 0 aromatic heterocycles. The summed E-state index contributed by atoms with van der Waals surface area (Å²) < 4.78 is 5.77. The molecular formula is C17H35N5O. The molecule has 6 heteroatoms. The Morgan fingerprint density at radius 3 is 2.87 bits per heavy atom. The van der Waals surface area contributed by atoms with E-state index in [4.69, 9.17) is 4.74 Å². The first-order chi connectivity index (χ1) is 11.2. The molecule has 2 saturated heterocycles. The van der Waals surface area contributed by atoms with E-state index >= 15 is 0 Å². The molecule has 0 saturated carbocycles. The topological polar surface area (TPSA) is 52.1 Å². The quantitative estimate of drug-likeness (QED) is 0.429. The Kier molecular flexibility index (Phi) is 8.12. The van der Waals surface area contributed by atoms with Gasteiger partial charge in [0.2, 0.25) is 0 Å². The van der Waals surface area contributed by atoms with Crippen LogP contribution >= 0.6 is 0 Å². The Labute approximate surface area is 141 Å². The molecule has 23 heavy (non-hydrogen) atoms. The number of rotatable bonds is 6. The van der Waals surface area contributed by atoms with Gasteiger partial charge in [0.15, 0.2) is 5.96 Å². The highest BCUT2D eigenvalue weighted by Crippen LogP contribution is 2.15. The second-order valence-corrected chi connectivity index (χ2v) is 6.87. The molecule has 0 aliphatic carbocycles. The fraction of sp³-hybridized carbons (Fsp3) is 0.941. The predicted octanol–water partition coefficient (Wildman–Crippen LogP) is 0.747. The Hall–Kier alpha value is -0.850. The Bertz CT molecular complexity index is 363. The third-order valence-electron chi connectivity index (χ3n) is 4.92. The summed E-state index contributed by atoms with van der Waals surface area (Å²) in [5.74, 6) is 0.883. The number of guanidine groups is 1. The average Bonchev–Trinajstić information content (AvgIpc) is 2.56. The summed E-state index contributed by atoms with van der Waals surface area (Å²) in [7, 11) is 3.97. The number of hydrogen-bond acceptors (Lipinski definition) is 4. The monoisotopic (exact) mass is 325 g/mol. The van der Waals surface area contributed by atoms with Gasteiger partial charge < -0.3 is 25.2 Å². The third kappa shape index (κ3) is 6.65. The molecular weight excluding hydrogens is 290 g/mol. The van der Waals surface area contributed by atoms with Crippen LogP contribution in [0.25, 0.3) is 0 Å². The van der Waals surface area contributed by atoms with Crippen molar-refractivity contribution in [3.63, 3.8) is 0 Å². The van der Waals surface area contributed by atoms with Crippen LogP contribution in [0.3, 0.4) is 0 Å². The van der Waals surface area contributed by atoms with E-state index in [0.29, 0.717) is 0 Å². The van der Waals surface area contributed by atoms with Gasteiger partial charge >= 0.3 is 0 Å². The number of aliphatic imine (C=N–C) groups is 1. The highest BCUT2D eigenvalue weighted by atomic mass is 16.5. The number of ether oxygens (including phenoxy) is 1. The lowest BCUT2D eigenvalue weighted by molar-refractivity contribution is -0.0161. The Morgan fingerprint density at radius 1 is 1.26 bits per heavy atom. The van der Waals surface area contributed by atoms with Crippen LogP contribution in [-0.4, -0.2) is 87.9 Å². The van der Waals surface area contributed by atoms with E-state index in [9.17, 15) is 0 Å². The lowest BCUT2D eigenvalue weighted by atomic mass is 10.0. The molecule has 2 atom stereocenters.